The zero-order valence-electron chi connectivity index (χ0n) is 9.89. The quantitative estimate of drug-likeness (QED) is 0.851. The van der Waals surface area contributed by atoms with Crippen LogP contribution in [0, 0.1) is 0 Å². The van der Waals surface area contributed by atoms with Crippen LogP contribution in [-0.4, -0.2) is 17.2 Å². The van der Waals surface area contributed by atoms with Crippen LogP contribution in [0.4, 0.5) is 0 Å². The van der Waals surface area contributed by atoms with Crippen LogP contribution in [0.1, 0.15) is 37.7 Å². The summed E-state index contributed by atoms with van der Waals surface area (Å²) in [4.78, 5) is 10.6. The summed E-state index contributed by atoms with van der Waals surface area (Å²) in [5.74, 6) is 0.0984. The standard InChI is InChI=1S/C14H18O3/c15-14(16)10-9-11-5-1-4-8-13(11)17-12-6-2-3-7-12/h1,4-5,8,12H,2-3,6-7,9-10H2,(H,15,16). The molecule has 0 spiro atoms. The van der Waals surface area contributed by atoms with Gasteiger partial charge in [0.05, 0.1) is 6.10 Å². The van der Waals surface area contributed by atoms with E-state index >= 15 is 0 Å². The van der Waals surface area contributed by atoms with E-state index in [1.165, 1.54) is 12.8 Å². The van der Waals surface area contributed by atoms with Gasteiger partial charge in [-0.3, -0.25) is 4.79 Å². The summed E-state index contributed by atoms with van der Waals surface area (Å²) < 4.78 is 5.95. The molecule has 1 aromatic rings. The van der Waals surface area contributed by atoms with Gasteiger partial charge < -0.3 is 9.84 Å². The molecule has 1 aromatic carbocycles. The smallest absolute Gasteiger partial charge is 0.303 e. The second kappa shape index (κ2) is 5.71. The molecule has 17 heavy (non-hydrogen) atoms. The highest BCUT2D eigenvalue weighted by atomic mass is 16.5. The summed E-state index contributed by atoms with van der Waals surface area (Å²) in [6.45, 7) is 0. The van der Waals surface area contributed by atoms with Crippen molar-refractivity contribution < 1.29 is 14.6 Å². The van der Waals surface area contributed by atoms with Gasteiger partial charge in [0.15, 0.2) is 0 Å². The zero-order chi connectivity index (χ0) is 12.1. The van der Waals surface area contributed by atoms with Crippen molar-refractivity contribution >= 4 is 5.97 Å². The number of carbonyl (C=O) groups is 1. The van der Waals surface area contributed by atoms with Crippen LogP contribution in [0.5, 0.6) is 5.75 Å². The normalized spacial score (nSPS) is 16.0. The number of para-hydroxylation sites is 1. The topological polar surface area (TPSA) is 46.5 Å². The SMILES string of the molecule is O=C(O)CCc1ccccc1OC1CCCC1. The summed E-state index contributed by atoms with van der Waals surface area (Å²) >= 11 is 0. The van der Waals surface area contributed by atoms with E-state index in [1.807, 2.05) is 24.3 Å². The van der Waals surface area contributed by atoms with E-state index in [9.17, 15) is 4.79 Å². The summed E-state index contributed by atoms with van der Waals surface area (Å²) in [6.07, 6.45) is 5.73. The minimum Gasteiger partial charge on any atom is -0.490 e. The lowest BCUT2D eigenvalue weighted by Gasteiger charge is -2.16. The summed E-state index contributed by atoms with van der Waals surface area (Å²) in [5, 5.41) is 8.71. The van der Waals surface area contributed by atoms with Crippen LogP contribution < -0.4 is 4.74 Å². The van der Waals surface area contributed by atoms with Gasteiger partial charge in [0.2, 0.25) is 0 Å². The molecule has 0 heterocycles. The Bertz CT molecular complexity index is 381. The highest BCUT2D eigenvalue weighted by Gasteiger charge is 2.17. The third-order valence-electron chi connectivity index (χ3n) is 3.18. The fourth-order valence-electron chi connectivity index (χ4n) is 2.25. The number of ether oxygens (including phenoxy) is 1. The van der Waals surface area contributed by atoms with Crippen molar-refractivity contribution in [2.75, 3.05) is 0 Å². The summed E-state index contributed by atoms with van der Waals surface area (Å²) in [5.41, 5.74) is 1.00. The van der Waals surface area contributed by atoms with Gasteiger partial charge in [-0.2, -0.15) is 0 Å². The molecule has 0 unspecified atom stereocenters. The van der Waals surface area contributed by atoms with E-state index in [0.717, 1.165) is 24.2 Å². The highest BCUT2D eigenvalue weighted by molar-refractivity contribution is 5.67. The van der Waals surface area contributed by atoms with Gasteiger partial charge in [-0.25, -0.2) is 0 Å². The van der Waals surface area contributed by atoms with E-state index in [4.69, 9.17) is 9.84 Å². The first-order chi connectivity index (χ1) is 8.25. The predicted molar refractivity (Wildman–Crippen MR) is 65.3 cm³/mol. The maximum Gasteiger partial charge on any atom is 0.303 e. The third kappa shape index (κ3) is 3.48. The molecule has 0 amide bonds. The van der Waals surface area contributed by atoms with Crippen molar-refractivity contribution in [2.45, 2.75) is 44.6 Å². The van der Waals surface area contributed by atoms with Crippen LogP contribution in [-0.2, 0) is 11.2 Å². The Balaban J connectivity index is 2.01. The highest BCUT2D eigenvalue weighted by Crippen LogP contribution is 2.27. The Morgan fingerprint density at radius 3 is 2.71 bits per heavy atom. The Hall–Kier alpha value is -1.51. The fraction of sp³-hybridized carbons (Fsp3) is 0.500. The summed E-state index contributed by atoms with van der Waals surface area (Å²) in [7, 11) is 0. The molecule has 2 rings (SSSR count). The molecule has 0 atom stereocenters. The molecule has 0 aromatic heterocycles. The molecule has 0 bridgehead atoms. The van der Waals surface area contributed by atoms with Crippen molar-refractivity contribution in [1.82, 2.24) is 0 Å². The summed E-state index contributed by atoms with van der Waals surface area (Å²) in [6, 6.07) is 7.76. The maximum atomic E-state index is 10.6. The van der Waals surface area contributed by atoms with Gasteiger partial charge >= 0.3 is 5.97 Å². The molecule has 1 aliphatic rings. The second-order valence-corrected chi connectivity index (χ2v) is 4.53. The number of hydrogen-bond donors (Lipinski definition) is 1. The van der Waals surface area contributed by atoms with Crippen LogP contribution in [0.25, 0.3) is 0 Å². The molecule has 92 valence electrons. The van der Waals surface area contributed by atoms with Crippen LogP contribution in [0.2, 0.25) is 0 Å². The molecular weight excluding hydrogens is 216 g/mol. The van der Waals surface area contributed by atoms with Crippen molar-refractivity contribution in [3.05, 3.63) is 29.8 Å². The molecule has 1 aliphatic carbocycles. The lowest BCUT2D eigenvalue weighted by Crippen LogP contribution is -2.12. The number of aliphatic carboxylic acids is 1. The van der Waals surface area contributed by atoms with Crippen molar-refractivity contribution in [1.29, 1.82) is 0 Å². The van der Waals surface area contributed by atoms with Gasteiger partial charge in [0.1, 0.15) is 5.75 Å². The predicted octanol–water partition coefficient (Wildman–Crippen LogP) is 3.03. The van der Waals surface area contributed by atoms with E-state index < -0.39 is 5.97 Å². The fourth-order valence-corrected chi connectivity index (χ4v) is 2.25. The van der Waals surface area contributed by atoms with Gasteiger partial charge in [0, 0.05) is 6.42 Å². The van der Waals surface area contributed by atoms with E-state index in [2.05, 4.69) is 0 Å². The first kappa shape index (κ1) is 12.0. The van der Waals surface area contributed by atoms with Crippen LogP contribution in [0.3, 0.4) is 0 Å². The largest absolute Gasteiger partial charge is 0.490 e. The minimum absolute atomic E-state index is 0.158. The lowest BCUT2D eigenvalue weighted by molar-refractivity contribution is -0.136. The van der Waals surface area contributed by atoms with Crippen molar-refractivity contribution in [3.8, 4) is 5.75 Å². The molecule has 1 fully saturated rings. The third-order valence-corrected chi connectivity index (χ3v) is 3.18. The van der Waals surface area contributed by atoms with Crippen LogP contribution >= 0.6 is 0 Å². The van der Waals surface area contributed by atoms with Gasteiger partial charge in [-0.05, 0) is 43.7 Å². The molecule has 1 saturated carbocycles. The first-order valence-electron chi connectivity index (χ1n) is 6.22. The van der Waals surface area contributed by atoms with E-state index in [0.29, 0.717) is 12.5 Å². The van der Waals surface area contributed by atoms with Crippen molar-refractivity contribution in [2.24, 2.45) is 0 Å². The number of hydrogen-bond acceptors (Lipinski definition) is 2. The molecule has 3 nitrogen and oxygen atoms in total. The average molecular weight is 234 g/mol. The number of benzene rings is 1. The Morgan fingerprint density at radius 2 is 2.00 bits per heavy atom. The molecule has 0 radical (unpaired) electrons. The average Bonchev–Trinajstić information content (AvgIpc) is 2.80. The van der Waals surface area contributed by atoms with Crippen LogP contribution in [0.15, 0.2) is 24.3 Å². The molecule has 0 aliphatic heterocycles. The minimum atomic E-state index is -0.763. The zero-order valence-corrected chi connectivity index (χ0v) is 9.89. The monoisotopic (exact) mass is 234 g/mol. The van der Waals surface area contributed by atoms with Gasteiger partial charge in [-0.15, -0.1) is 0 Å². The maximum absolute atomic E-state index is 10.6. The second-order valence-electron chi connectivity index (χ2n) is 4.53. The number of carboxylic acids is 1. The van der Waals surface area contributed by atoms with Gasteiger partial charge in [0.25, 0.3) is 0 Å². The number of aryl methyl sites for hydroxylation is 1. The number of rotatable bonds is 5. The van der Waals surface area contributed by atoms with Gasteiger partial charge in [-0.1, -0.05) is 18.2 Å². The van der Waals surface area contributed by atoms with E-state index in [-0.39, 0.29) is 6.42 Å². The molecule has 3 heteroatoms. The molecular formula is C14H18O3. The molecule has 0 saturated heterocycles. The Morgan fingerprint density at radius 1 is 1.29 bits per heavy atom. The Kier molecular flexibility index (Phi) is 4.02. The number of carboxylic acid groups (broad SMARTS) is 1. The first-order valence-corrected chi connectivity index (χ1v) is 6.22. The Labute approximate surface area is 101 Å². The van der Waals surface area contributed by atoms with Crippen molar-refractivity contribution in [3.63, 3.8) is 0 Å². The molecule has 1 N–H and O–H groups in total. The van der Waals surface area contributed by atoms with E-state index in [1.54, 1.807) is 0 Å². The lowest BCUT2D eigenvalue weighted by atomic mass is 10.1.